The van der Waals surface area contributed by atoms with Gasteiger partial charge in [0.15, 0.2) is 0 Å². The number of ether oxygens (including phenoxy) is 1. The minimum atomic E-state index is -0.287. The van der Waals surface area contributed by atoms with Gasteiger partial charge in [0.1, 0.15) is 0 Å². The molecule has 0 unspecified atom stereocenters. The van der Waals surface area contributed by atoms with E-state index in [1.165, 1.54) is 77.0 Å². The Morgan fingerprint density at radius 2 is 1.09 bits per heavy atom. The Morgan fingerprint density at radius 1 is 0.727 bits per heavy atom. The van der Waals surface area contributed by atoms with Crippen LogP contribution in [0.15, 0.2) is 0 Å². The normalized spacial score (nSPS) is 10.3. The predicted octanol–water partition coefficient (Wildman–Crippen LogP) is 4.32. The Bertz CT molecular complexity index is 225. The minimum absolute atomic E-state index is 0. The zero-order valence-corrected chi connectivity index (χ0v) is 14.2. The maximum atomic E-state index is 10.8. The average molecular weight is 340 g/mol. The number of unbranched alkanes of at least 4 members (excludes halogenated alkanes) is 13. The summed E-state index contributed by atoms with van der Waals surface area (Å²) in [6, 6.07) is 0. The van der Waals surface area contributed by atoms with Crippen molar-refractivity contribution in [1.82, 2.24) is 0 Å². The molecule has 0 aromatic heterocycles. The molecule has 0 bridgehead atoms. The van der Waals surface area contributed by atoms with Crippen molar-refractivity contribution in [3.05, 3.63) is 0 Å². The van der Waals surface area contributed by atoms with E-state index >= 15 is 0 Å². The monoisotopic (exact) mass is 339 g/mol. The second kappa shape index (κ2) is 22.1. The van der Waals surface area contributed by atoms with Crippen LogP contribution in [-0.2, 0) is 9.53 Å². The van der Waals surface area contributed by atoms with Gasteiger partial charge < -0.3 is 10.5 Å². The van der Waals surface area contributed by atoms with Crippen LogP contribution in [0.4, 0.5) is 0 Å². The number of esters is 1. The van der Waals surface area contributed by atoms with Gasteiger partial charge in [0, 0.05) is 0 Å². The summed E-state index contributed by atoms with van der Waals surface area (Å²) >= 11 is 0. The van der Waals surface area contributed by atoms with Crippen LogP contribution in [0.5, 0.6) is 0 Å². The van der Waals surface area contributed by atoms with E-state index < -0.39 is 0 Å². The molecule has 0 saturated heterocycles. The van der Waals surface area contributed by atoms with Crippen molar-refractivity contribution in [2.24, 2.45) is 5.73 Å². The Labute approximate surface area is 180 Å². The quantitative estimate of drug-likeness (QED) is 0.259. The Balaban J connectivity index is 0. The Hall–Kier alpha value is 1.07. The van der Waals surface area contributed by atoms with E-state index in [9.17, 15) is 4.79 Å². The van der Waals surface area contributed by atoms with Crippen LogP contribution in [0.25, 0.3) is 0 Å². The molecule has 0 aliphatic heterocycles. The third kappa shape index (κ3) is 21.1. The summed E-state index contributed by atoms with van der Waals surface area (Å²) in [5, 5.41) is 0. The van der Waals surface area contributed by atoms with E-state index in [0.29, 0.717) is 6.61 Å². The molecular formula is C18H38KNO2. The van der Waals surface area contributed by atoms with Crippen LogP contribution in [0.2, 0.25) is 0 Å². The average Bonchev–Trinajstić information content (AvgIpc) is 2.50. The van der Waals surface area contributed by atoms with E-state index in [1.807, 2.05) is 0 Å². The predicted molar refractivity (Wildman–Crippen MR) is 97.5 cm³/mol. The standard InChI is InChI=1S/C18H37NO2.K.H/c1-2-3-4-5-6-7-8-9-10-11-12-13-14-15-16-21-18(20)17-19;;/h2-17,19H2,1H3;;. The van der Waals surface area contributed by atoms with Gasteiger partial charge >= 0.3 is 57.4 Å². The van der Waals surface area contributed by atoms with Gasteiger partial charge in [-0.05, 0) is 6.42 Å². The molecule has 0 spiro atoms. The van der Waals surface area contributed by atoms with Crippen molar-refractivity contribution >= 4 is 57.4 Å². The number of hydrogen-bond donors (Lipinski definition) is 1. The molecule has 0 radical (unpaired) electrons. The molecule has 2 N–H and O–H groups in total. The SMILES string of the molecule is CCCCCCCCCCCCCCCCOC(=O)CN.[KH]. The van der Waals surface area contributed by atoms with E-state index in [4.69, 9.17) is 10.5 Å². The molecule has 0 saturated carbocycles. The van der Waals surface area contributed by atoms with Crippen molar-refractivity contribution in [3.8, 4) is 0 Å². The van der Waals surface area contributed by atoms with Crippen molar-refractivity contribution in [2.75, 3.05) is 13.2 Å². The van der Waals surface area contributed by atoms with E-state index in [1.54, 1.807) is 0 Å². The van der Waals surface area contributed by atoms with Gasteiger partial charge in [-0.2, -0.15) is 0 Å². The van der Waals surface area contributed by atoms with Crippen LogP contribution in [0.3, 0.4) is 0 Å². The number of hydrogen-bond acceptors (Lipinski definition) is 3. The molecule has 0 fully saturated rings. The van der Waals surface area contributed by atoms with Gasteiger partial charge in [0.2, 0.25) is 0 Å². The Kier molecular flexibility index (Phi) is 25.4. The summed E-state index contributed by atoms with van der Waals surface area (Å²) in [5.41, 5.74) is 5.16. The van der Waals surface area contributed by atoms with Gasteiger partial charge in [0.25, 0.3) is 0 Å². The topological polar surface area (TPSA) is 52.3 Å². The summed E-state index contributed by atoms with van der Waals surface area (Å²) in [4.78, 5) is 10.8. The van der Waals surface area contributed by atoms with Crippen molar-refractivity contribution in [2.45, 2.75) is 96.8 Å². The third-order valence-electron chi connectivity index (χ3n) is 3.93. The first kappa shape index (κ1) is 25.3. The summed E-state index contributed by atoms with van der Waals surface area (Å²) in [6.45, 7) is 2.80. The molecule has 0 aromatic rings. The third-order valence-corrected chi connectivity index (χ3v) is 3.93. The molecule has 128 valence electrons. The van der Waals surface area contributed by atoms with E-state index in [-0.39, 0.29) is 63.9 Å². The van der Waals surface area contributed by atoms with Crippen LogP contribution in [0.1, 0.15) is 96.8 Å². The number of carbonyl (C=O) groups excluding carboxylic acids is 1. The first-order chi connectivity index (χ1) is 10.3. The molecule has 0 heterocycles. The van der Waals surface area contributed by atoms with Gasteiger partial charge in [-0.1, -0.05) is 90.4 Å². The van der Waals surface area contributed by atoms with Crippen LogP contribution >= 0.6 is 0 Å². The molecule has 0 rings (SSSR count). The molecule has 0 aliphatic carbocycles. The summed E-state index contributed by atoms with van der Waals surface area (Å²) in [6.07, 6.45) is 18.8. The number of rotatable bonds is 16. The summed E-state index contributed by atoms with van der Waals surface area (Å²) in [7, 11) is 0. The fourth-order valence-electron chi connectivity index (χ4n) is 2.54. The molecular weight excluding hydrogens is 301 g/mol. The molecule has 0 atom stereocenters. The molecule has 4 heteroatoms. The first-order valence-corrected chi connectivity index (χ1v) is 9.17. The maximum absolute atomic E-state index is 10.8. The van der Waals surface area contributed by atoms with Crippen LogP contribution in [-0.4, -0.2) is 70.5 Å². The Morgan fingerprint density at radius 3 is 1.45 bits per heavy atom. The zero-order valence-electron chi connectivity index (χ0n) is 14.2. The van der Waals surface area contributed by atoms with E-state index in [0.717, 1.165) is 12.8 Å². The molecule has 0 aromatic carbocycles. The number of carbonyl (C=O) groups is 1. The van der Waals surface area contributed by atoms with E-state index in [2.05, 4.69) is 6.92 Å². The summed E-state index contributed by atoms with van der Waals surface area (Å²) < 4.78 is 4.93. The fourth-order valence-corrected chi connectivity index (χ4v) is 2.54. The van der Waals surface area contributed by atoms with Gasteiger partial charge in [-0.25, -0.2) is 0 Å². The molecule has 3 nitrogen and oxygen atoms in total. The number of nitrogens with two attached hydrogens (primary N) is 1. The summed E-state index contributed by atoms with van der Waals surface area (Å²) in [5.74, 6) is -0.287. The molecule has 22 heavy (non-hydrogen) atoms. The van der Waals surface area contributed by atoms with Gasteiger partial charge in [-0.3, -0.25) is 4.79 Å². The van der Waals surface area contributed by atoms with Crippen LogP contribution in [0, 0.1) is 0 Å². The molecule has 0 amide bonds. The van der Waals surface area contributed by atoms with Crippen LogP contribution < -0.4 is 5.73 Å². The fraction of sp³-hybridized carbons (Fsp3) is 0.944. The van der Waals surface area contributed by atoms with Gasteiger partial charge in [-0.15, -0.1) is 0 Å². The van der Waals surface area contributed by atoms with Gasteiger partial charge in [0.05, 0.1) is 13.2 Å². The van der Waals surface area contributed by atoms with Crippen molar-refractivity contribution in [1.29, 1.82) is 0 Å². The second-order valence-corrected chi connectivity index (χ2v) is 6.02. The van der Waals surface area contributed by atoms with Crippen molar-refractivity contribution in [3.63, 3.8) is 0 Å². The zero-order chi connectivity index (χ0) is 15.6. The molecule has 0 aliphatic rings. The van der Waals surface area contributed by atoms with Crippen molar-refractivity contribution < 1.29 is 9.53 Å². The second-order valence-electron chi connectivity index (χ2n) is 6.02. The first-order valence-electron chi connectivity index (χ1n) is 9.17.